The zero-order valence-electron chi connectivity index (χ0n) is 7.20. The summed E-state index contributed by atoms with van der Waals surface area (Å²) in [7, 11) is 0. The van der Waals surface area contributed by atoms with Crippen molar-refractivity contribution in [1.29, 1.82) is 0 Å². The van der Waals surface area contributed by atoms with Crippen LogP contribution in [-0.2, 0) is 6.42 Å². The van der Waals surface area contributed by atoms with E-state index in [1.807, 2.05) is 18.2 Å². The fourth-order valence-electron chi connectivity index (χ4n) is 1.05. The molecule has 1 nitrogen and oxygen atoms in total. The first-order valence-corrected chi connectivity index (χ1v) is 5.05. The summed E-state index contributed by atoms with van der Waals surface area (Å²) in [4.78, 5) is 0.373. The van der Waals surface area contributed by atoms with Gasteiger partial charge in [-0.2, -0.15) is 0 Å². The van der Waals surface area contributed by atoms with Gasteiger partial charge >= 0.3 is 0 Å². The van der Waals surface area contributed by atoms with Crippen LogP contribution in [0.15, 0.2) is 30.3 Å². The molecule has 2 unspecified atom stereocenters. The van der Waals surface area contributed by atoms with E-state index in [1.165, 1.54) is 5.56 Å². The lowest BCUT2D eigenvalue weighted by Gasteiger charge is -2.13. The molecule has 66 valence electrons. The maximum absolute atomic E-state index is 5.90. The Balaban J connectivity index is 2.53. The second-order valence-electron chi connectivity index (χ2n) is 3.03. The largest absolute Gasteiger partial charge is 0.326 e. The van der Waals surface area contributed by atoms with E-state index in [0.29, 0.717) is 4.83 Å². The zero-order chi connectivity index (χ0) is 8.97. The Hall–Kier alpha value is -0.340. The van der Waals surface area contributed by atoms with Crippen molar-refractivity contribution in [2.75, 3.05) is 0 Å². The monoisotopic (exact) mass is 227 g/mol. The molecule has 0 aromatic heterocycles. The van der Waals surface area contributed by atoms with Crippen molar-refractivity contribution >= 4 is 15.9 Å². The molecule has 0 radical (unpaired) electrons. The molecule has 0 saturated heterocycles. The lowest BCUT2D eigenvalue weighted by molar-refractivity contribution is 0.668. The van der Waals surface area contributed by atoms with Crippen molar-refractivity contribution in [3.05, 3.63) is 35.9 Å². The Morgan fingerprint density at radius 1 is 1.33 bits per heavy atom. The Morgan fingerprint density at radius 2 is 1.92 bits per heavy atom. The van der Waals surface area contributed by atoms with Crippen LogP contribution in [0.25, 0.3) is 0 Å². The predicted octanol–water partition coefficient (Wildman–Crippen LogP) is 2.34. The first-order chi connectivity index (χ1) is 5.70. The van der Waals surface area contributed by atoms with E-state index in [0.717, 1.165) is 6.42 Å². The van der Waals surface area contributed by atoms with E-state index < -0.39 is 0 Å². The topological polar surface area (TPSA) is 26.0 Å². The standard InChI is InChI=1S/C10H14BrN/c1-8(11)10(12)7-9-5-3-2-4-6-9/h2-6,8,10H,7,12H2,1H3. The van der Waals surface area contributed by atoms with Crippen LogP contribution in [0.2, 0.25) is 0 Å². The van der Waals surface area contributed by atoms with Crippen LogP contribution in [0.3, 0.4) is 0 Å². The van der Waals surface area contributed by atoms with Crippen LogP contribution in [0.5, 0.6) is 0 Å². The number of alkyl halides is 1. The summed E-state index contributed by atoms with van der Waals surface area (Å²) in [5.74, 6) is 0. The van der Waals surface area contributed by atoms with Gasteiger partial charge in [0.05, 0.1) is 0 Å². The molecule has 0 aliphatic heterocycles. The van der Waals surface area contributed by atoms with E-state index in [4.69, 9.17) is 5.73 Å². The summed E-state index contributed by atoms with van der Waals surface area (Å²) >= 11 is 3.47. The fraction of sp³-hybridized carbons (Fsp3) is 0.400. The molecule has 0 saturated carbocycles. The molecule has 0 spiro atoms. The summed E-state index contributed by atoms with van der Waals surface area (Å²) in [5, 5.41) is 0. The number of hydrogen-bond donors (Lipinski definition) is 1. The van der Waals surface area contributed by atoms with Gasteiger partial charge in [0.1, 0.15) is 0 Å². The Bertz CT molecular complexity index is 221. The Kier molecular flexibility index (Phi) is 3.76. The van der Waals surface area contributed by atoms with Gasteiger partial charge in [0.15, 0.2) is 0 Å². The van der Waals surface area contributed by atoms with Gasteiger partial charge in [-0.3, -0.25) is 0 Å². The minimum Gasteiger partial charge on any atom is -0.326 e. The summed E-state index contributed by atoms with van der Waals surface area (Å²) in [6.07, 6.45) is 0.938. The number of hydrogen-bond acceptors (Lipinski definition) is 1. The molecule has 0 aliphatic carbocycles. The second-order valence-corrected chi connectivity index (χ2v) is 4.48. The van der Waals surface area contributed by atoms with E-state index in [1.54, 1.807) is 0 Å². The van der Waals surface area contributed by atoms with Crippen LogP contribution in [0.1, 0.15) is 12.5 Å². The van der Waals surface area contributed by atoms with Crippen molar-refractivity contribution in [2.45, 2.75) is 24.2 Å². The van der Waals surface area contributed by atoms with E-state index in [9.17, 15) is 0 Å². The first-order valence-electron chi connectivity index (χ1n) is 4.13. The van der Waals surface area contributed by atoms with Crippen molar-refractivity contribution in [2.24, 2.45) is 5.73 Å². The first kappa shape index (κ1) is 9.75. The van der Waals surface area contributed by atoms with Gasteiger partial charge in [-0.1, -0.05) is 53.2 Å². The Labute approximate surface area is 82.1 Å². The minimum absolute atomic E-state index is 0.201. The van der Waals surface area contributed by atoms with Gasteiger partial charge in [-0.25, -0.2) is 0 Å². The molecule has 0 amide bonds. The molecule has 1 aromatic rings. The van der Waals surface area contributed by atoms with Crippen molar-refractivity contribution < 1.29 is 0 Å². The molecule has 2 atom stereocenters. The summed E-state index contributed by atoms with van der Waals surface area (Å²) in [6, 6.07) is 10.5. The fourth-order valence-corrected chi connectivity index (χ4v) is 1.24. The average Bonchev–Trinajstić information content (AvgIpc) is 2.06. The summed E-state index contributed by atoms with van der Waals surface area (Å²) in [5.41, 5.74) is 7.20. The number of halogens is 1. The lowest BCUT2D eigenvalue weighted by Crippen LogP contribution is -2.30. The lowest BCUT2D eigenvalue weighted by atomic mass is 10.1. The molecule has 0 aliphatic rings. The van der Waals surface area contributed by atoms with Crippen LogP contribution < -0.4 is 5.73 Å². The summed E-state index contributed by atoms with van der Waals surface area (Å²) in [6.45, 7) is 2.08. The second kappa shape index (κ2) is 4.63. The average molecular weight is 228 g/mol. The van der Waals surface area contributed by atoms with Gasteiger partial charge < -0.3 is 5.73 Å². The molecule has 0 fully saturated rings. The van der Waals surface area contributed by atoms with Gasteiger partial charge in [0, 0.05) is 10.9 Å². The van der Waals surface area contributed by atoms with Crippen LogP contribution in [-0.4, -0.2) is 10.9 Å². The highest BCUT2D eigenvalue weighted by Crippen LogP contribution is 2.08. The predicted molar refractivity (Wildman–Crippen MR) is 56.5 cm³/mol. The molecule has 1 aromatic carbocycles. The SMILES string of the molecule is CC(Br)C(N)Cc1ccccc1. The highest BCUT2D eigenvalue weighted by Gasteiger charge is 2.08. The van der Waals surface area contributed by atoms with Gasteiger partial charge in [0.25, 0.3) is 0 Å². The quantitative estimate of drug-likeness (QED) is 0.789. The maximum Gasteiger partial charge on any atom is 0.0272 e. The molecule has 2 N–H and O–H groups in total. The minimum atomic E-state index is 0.201. The molecule has 1 rings (SSSR count). The molecule has 12 heavy (non-hydrogen) atoms. The highest BCUT2D eigenvalue weighted by molar-refractivity contribution is 9.09. The van der Waals surface area contributed by atoms with Gasteiger partial charge in [0.2, 0.25) is 0 Å². The maximum atomic E-state index is 5.90. The van der Waals surface area contributed by atoms with Crippen molar-refractivity contribution in [3.63, 3.8) is 0 Å². The molecular formula is C10H14BrN. The third kappa shape index (κ3) is 2.95. The molecular weight excluding hydrogens is 214 g/mol. The van der Waals surface area contributed by atoms with Crippen molar-refractivity contribution in [1.82, 2.24) is 0 Å². The number of nitrogens with two attached hydrogens (primary N) is 1. The van der Waals surface area contributed by atoms with Crippen LogP contribution in [0, 0.1) is 0 Å². The van der Waals surface area contributed by atoms with Crippen LogP contribution in [0.4, 0.5) is 0 Å². The van der Waals surface area contributed by atoms with Crippen LogP contribution >= 0.6 is 15.9 Å². The van der Waals surface area contributed by atoms with E-state index in [2.05, 4.69) is 35.0 Å². The number of benzene rings is 1. The van der Waals surface area contributed by atoms with Gasteiger partial charge in [-0.05, 0) is 12.0 Å². The van der Waals surface area contributed by atoms with E-state index >= 15 is 0 Å². The normalized spacial score (nSPS) is 15.6. The van der Waals surface area contributed by atoms with E-state index in [-0.39, 0.29) is 6.04 Å². The zero-order valence-corrected chi connectivity index (χ0v) is 8.79. The summed E-state index contributed by atoms with van der Waals surface area (Å²) < 4.78 is 0. The molecule has 0 heterocycles. The Morgan fingerprint density at radius 3 is 2.42 bits per heavy atom. The number of rotatable bonds is 3. The van der Waals surface area contributed by atoms with Gasteiger partial charge in [-0.15, -0.1) is 0 Å². The molecule has 0 bridgehead atoms. The third-order valence-corrected chi connectivity index (χ3v) is 2.58. The third-order valence-electron chi connectivity index (χ3n) is 1.90. The highest BCUT2D eigenvalue weighted by atomic mass is 79.9. The van der Waals surface area contributed by atoms with Crippen molar-refractivity contribution in [3.8, 4) is 0 Å². The molecule has 2 heteroatoms. The smallest absolute Gasteiger partial charge is 0.0272 e.